The van der Waals surface area contributed by atoms with Crippen LogP contribution in [0.25, 0.3) is 6.08 Å². The Hall–Kier alpha value is -1.72. The van der Waals surface area contributed by atoms with E-state index >= 15 is 0 Å². The summed E-state index contributed by atoms with van der Waals surface area (Å²) in [6, 6.07) is 4.70. The van der Waals surface area contributed by atoms with Crippen LogP contribution in [0.1, 0.15) is 11.1 Å². The predicted molar refractivity (Wildman–Crippen MR) is 71.3 cm³/mol. The summed E-state index contributed by atoms with van der Waals surface area (Å²) >= 11 is 0. The highest BCUT2D eigenvalue weighted by atomic mass is 19.1. The first-order valence-corrected chi connectivity index (χ1v) is 5.90. The first-order valence-electron chi connectivity index (χ1n) is 5.90. The Kier molecular flexibility index (Phi) is 6.18. The van der Waals surface area contributed by atoms with Crippen LogP contribution in [-0.2, 0) is 16.1 Å². The number of hydrogen-bond donors (Lipinski definition) is 1. The summed E-state index contributed by atoms with van der Waals surface area (Å²) in [5.41, 5.74) is 1.11. The molecule has 19 heavy (non-hydrogen) atoms. The lowest BCUT2D eigenvalue weighted by Gasteiger charge is -2.16. The Morgan fingerprint density at radius 3 is 2.84 bits per heavy atom. The topological polar surface area (TPSA) is 49.8 Å². The Balaban J connectivity index is 2.69. The van der Waals surface area contributed by atoms with E-state index < -0.39 is 5.97 Å². The molecule has 0 heterocycles. The minimum absolute atomic E-state index is 0.336. The Morgan fingerprint density at radius 1 is 1.53 bits per heavy atom. The minimum atomic E-state index is -1.05. The minimum Gasteiger partial charge on any atom is -0.478 e. The van der Waals surface area contributed by atoms with Crippen LogP contribution in [0.2, 0.25) is 0 Å². The largest absolute Gasteiger partial charge is 0.478 e. The van der Waals surface area contributed by atoms with Crippen LogP contribution in [0.5, 0.6) is 0 Å². The van der Waals surface area contributed by atoms with E-state index in [2.05, 4.69) is 0 Å². The van der Waals surface area contributed by atoms with Crippen LogP contribution in [0, 0.1) is 5.82 Å². The number of benzene rings is 1. The fourth-order valence-electron chi connectivity index (χ4n) is 1.58. The third-order valence-corrected chi connectivity index (χ3v) is 2.61. The van der Waals surface area contributed by atoms with Crippen molar-refractivity contribution in [3.8, 4) is 0 Å². The van der Waals surface area contributed by atoms with E-state index in [9.17, 15) is 9.18 Å². The molecule has 1 aromatic rings. The summed E-state index contributed by atoms with van der Waals surface area (Å²) in [5.74, 6) is -1.39. The standard InChI is InChI=1S/C14H18FNO3/c1-16(7-8-19-2)10-12-5-3-11(9-13(12)15)4-6-14(17)18/h3-6,9H,7-8,10H2,1-2H3,(H,17,18). The second-order valence-electron chi connectivity index (χ2n) is 4.25. The van der Waals surface area contributed by atoms with E-state index in [1.807, 2.05) is 11.9 Å². The summed E-state index contributed by atoms with van der Waals surface area (Å²) < 4.78 is 18.8. The number of carbonyl (C=O) groups is 1. The molecule has 0 aliphatic rings. The summed E-state index contributed by atoms with van der Waals surface area (Å²) in [7, 11) is 3.51. The van der Waals surface area contributed by atoms with Crippen molar-refractivity contribution in [2.75, 3.05) is 27.3 Å². The van der Waals surface area contributed by atoms with Gasteiger partial charge in [-0.15, -0.1) is 0 Å². The van der Waals surface area contributed by atoms with Gasteiger partial charge in [0, 0.05) is 31.8 Å². The Bertz CT molecular complexity index is 460. The number of carboxylic acid groups (broad SMARTS) is 1. The van der Waals surface area contributed by atoms with Crippen molar-refractivity contribution in [2.45, 2.75) is 6.54 Å². The zero-order chi connectivity index (χ0) is 14.3. The van der Waals surface area contributed by atoms with Gasteiger partial charge in [0.15, 0.2) is 0 Å². The summed E-state index contributed by atoms with van der Waals surface area (Å²) in [6.45, 7) is 1.80. The molecule has 0 saturated carbocycles. The number of rotatable bonds is 7. The number of methoxy groups -OCH3 is 1. The molecule has 0 radical (unpaired) electrons. The Labute approximate surface area is 112 Å². The SMILES string of the molecule is COCCN(C)Cc1ccc(C=CC(=O)O)cc1F. The molecule has 0 atom stereocenters. The molecule has 104 valence electrons. The lowest BCUT2D eigenvalue weighted by Crippen LogP contribution is -2.22. The highest BCUT2D eigenvalue weighted by Crippen LogP contribution is 2.13. The molecule has 1 N–H and O–H groups in total. The zero-order valence-corrected chi connectivity index (χ0v) is 11.1. The molecule has 5 heteroatoms. The van der Waals surface area contributed by atoms with Gasteiger partial charge in [-0.05, 0) is 24.8 Å². The van der Waals surface area contributed by atoms with Gasteiger partial charge in [0.2, 0.25) is 0 Å². The molecule has 4 nitrogen and oxygen atoms in total. The quantitative estimate of drug-likeness (QED) is 0.768. The van der Waals surface area contributed by atoms with E-state index in [1.54, 1.807) is 19.2 Å². The maximum Gasteiger partial charge on any atom is 0.328 e. The predicted octanol–water partition coefficient (Wildman–Crippen LogP) is 2.00. The van der Waals surface area contributed by atoms with Crippen LogP contribution < -0.4 is 0 Å². The molecule has 0 aromatic heterocycles. The smallest absolute Gasteiger partial charge is 0.328 e. The lowest BCUT2D eigenvalue weighted by molar-refractivity contribution is -0.131. The maximum atomic E-state index is 13.8. The Morgan fingerprint density at radius 2 is 2.26 bits per heavy atom. The van der Waals surface area contributed by atoms with Crippen molar-refractivity contribution in [2.24, 2.45) is 0 Å². The van der Waals surface area contributed by atoms with E-state index in [0.717, 1.165) is 12.6 Å². The summed E-state index contributed by atoms with van der Waals surface area (Å²) in [6.07, 6.45) is 2.35. The number of likely N-dealkylation sites (N-methyl/N-ethyl adjacent to an activating group) is 1. The van der Waals surface area contributed by atoms with Crippen LogP contribution in [0.3, 0.4) is 0 Å². The van der Waals surface area contributed by atoms with Gasteiger partial charge in [-0.3, -0.25) is 4.90 Å². The van der Waals surface area contributed by atoms with Gasteiger partial charge in [-0.2, -0.15) is 0 Å². The molecular weight excluding hydrogens is 249 g/mol. The molecule has 0 spiro atoms. The van der Waals surface area contributed by atoms with Crippen molar-refractivity contribution in [1.82, 2.24) is 4.90 Å². The van der Waals surface area contributed by atoms with Gasteiger partial charge >= 0.3 is 5.97 Å². The number of carboxylic acids is 1. The number of ether oxygens (including phenoxy) is 1. The molecule has 0 amide bonds. The second-order valence-corrected chi connectivity index (χ2v) is 4.25. The first kappa shape index (κ1) is 15.3. The van der Waals surface area contributed by atoms with E-state index in [1.165, 1.54) is 12.1 Å². The summed E-state index contributed by atoms with van der Waals surface area (Å²) in [4.78, 5) is 12.3. The van der Waals surface area contributed by atoms with Gasteiger partial charge in [0.25, 0.3) is 0 Å². The van der Waals surface area contributed by atoms with Crippen molar-refractivity contribution >= 4 is 12.0 Å². The van der Waals surface area contributed by atoms with Crippen molar-refractivity contribution in [3.63, 3.8) is 0 Å². The molecule has 1 aromatic carbocycles. The van der Waals surface area contributed by atoms with Crippen LogP contribution in [-0.4, -0.2) is 43.3 Å². The number of halogens is 1. The number of nitrogens with zero attached hydrogens (tertiary/aromatic N) is 1. The molecule has 0 bridgehead atoms. The van der Waals surface area contributed by atoms with Gasteiger partial charge in [0.05, 0.1) is 6.61 Å². The average molecular weight is 267 g/mol. The first-order chi connectivity index (χ1) is 9.02. The summed E-state index contributed by atoms with van der Waals surface area (Å²) in [5, 5.41) is 8.50. The third-order valence-electron chi connectivity index (χ3n) is 2.61. The van der Waals surface area contributed by atoms with E-state index in [4.69, 9.17) is 9.84 Å². The molecule has 0 saturated heterocycles. The number of hydrogen-bond acceptors (Lipinski definition) is 3. The maximum absolute atomic E-state index is 13.8. The highest BCUT2D eigenvalue weighted by Gasteiger charge is 2.06. The highest BCUT2D eigenvalue weighted by molar-refractivity contribution is 5.85. The molecule has 0 unspecified atom stereocenters. The van der Waals surface area contributed by atoms with Gasteiger partial charge in [-0.25, -0.2) is 9.18 Å². The average Bonchev–Trinajstić information content (AvgIpc) is 2.36. The van der Waals surface area contributed by atoms with Gasteiger partial charge in [-0.1, -0.05) is 12.1 Å². The molecule has 0 aliphatic carbocycles. The van der Waals surface area contributed by atoms with Crippen LogP contribution >= 0.6 is 0 Å². The van der Waals surface area contributed by atoms with Crippen molar-refractivity contribution < 1.29 is 19.0 Å². The number of aliphatic carboxylic acids is 1. The third kappa shape index (κ3) is 5.63. The molecule has 1 rings (SSSR count). The fraction of sp³-hybridized carbons (Fsp3) is 0.357. The second kappa shape index (κ2) is 7.66. The fourth-order valence-corrected chi connectivity index (χ4v) is 1.58. The van der Waals surface area contributed by atoms with Crippen molar-refractivity contribution in [1.29, 1.82) is 0 Å². The van der Waals surface area contributed by atoms with Crippen LogP contribution in [0.15, 0.2) is 24.3 Å². The normalized spacial score (nSPS) is 11.4. The van der Waals surface area contributed by atoms with Gasteiger partial charge < -0.3 is 9.84 Å². The molecule has 0 aliphatic heterocycles. The van der Waals surface area contributed by atoms with Gasteiger partial charge in [0.1, 0.15) is 5.82 Å². The molecular formula is C14H18FNO3. The monoisotopic (exact) mass is 267 g/mol. The lowest BCUT2D eigenvalue weighted by atomic mass is 10.1. The van der Waals surface area contributed by atoms with E-state index in [0.29, 0.717) is 24.3 Å². The van der Waals surface area contributed by atoms with E-state index in [-0.39, 0.29) is 5.82 Å². The molecule has 0 fully saturated rings. The van der Waals surface area contributed by atoms with Crippen LogP contribution in [0.4, 0.5) is 4.39 Å². The zero-order valence-electron chi connectivity index (χ0n) is 11.1. The van der Waals surface area contributed by atoms with Crippen molar-refractivity contribution in [3.05, 3.63) is 41.2 Å².